The number of Topliss-reactive ketones (excluding diaryl/α,β-unsaturated/α-hetero) is 1. The van der Waals surface area contributed by atoms with Gasteiger partial charge in [-0.2, -0.15) is 10.4 Å². The number of rotatable bonds is 2. The number of ketones is 1. The Morgan fingerprint density at radius 2 is 2.08 bits per heavy atom. The van der Waals surface area contributed by atoms with Crippen LogP contribution in [0.1, 0.15) is 61.0 Å². The van der Waals surface area contributed by atoms with Crippen LogP contribution in [0.15, 0.2) is 30.5 Å². The highest BCUT2D eigenvalue weighted by atomic mass is 16.2. The van der Waals surface area contributed by atoms with Crippen molar-refractivity contribution in [3.63, 3.8) is 0 Å². The number of amides is 1. The first kappa shape index (κ1) is 16.9. The molecular formula is C19H20N4O2. The number of anilines is 1. The maximum absolute atomic E-state index is 12.8. The average Bonchev–Trinajstić information content (AvgIpc) is 2.98. The van der Waals surface area contributed by atoms with E-state index in [1.165, 1.54) is 0 Å². The summed E-state index contributed by atoms with van der Waals surface area (Å²) in [5, 5.41) is 16.4. The summed E-state index contributed by atoms with van der Waals surface area (Å²) in [6.45, 7) is 5.90. The van der Waals surface area contributed by atoms with Crippen molar-refractivity contribution in [2.24, 2.45) is 0 Å². The zero-order valence-corrected chi connectivity index (χ0v) is 14.5. The molecule has 0 saturated heterocycles. The van der Waals surface area contributed by atoms with Crippen LogP contribution in [0.25, 0.3) is 0 Å². The third-order valence-electron chi connectivity index (χ3n) is 4.38. The van der Waals surface area contributed by atoms with Gasteiger partial charge >= 0.3 is 0 Å². The number of nitriles is 1. The van der Waals surface area contributed by atoms with Crippen LogP contribution in [0.5, 0.6) is 0 Å². The minimum Gasteiger partial charge on any atom is -0.308 e. The Morgan fingerprint density at radius 1 is 1.36 bits per heavy atom. The second-order valence-corrected chi connectivity index (χ2v) is 7.21. The Balaban J connectivity index is 1.89. The van der Waals surface area contributed by atoms with E-state index in [-0.39, 0.29) is 23.0 Å². The molecule has 3 rings (SSSR count). The van der Waals surface area contributed by atoms with Crippen molar-refractivity contribution in [2.75, 3.05) is 5.32 Å². The fraction of sp³-hybridized carbons (Fsp3) is 0.368. The Morgan fingerprint density at radius 3 is 2.76 bits per heavy atom. The minimum absolute atomic E-state index is 0.0642. The lowest BCUT2D eigenvalue weighted by Gasteiger charge is -2.23. The summed E-state index contributed by atoms with van der Waals surface area (Å²) in [5.41, 5.74) is 1.38. The summed E-state index contributed by atoms with van der Waals surface area (Å²) in [4.78, 5) is 24.8. The standard InChI is InChI=1S/C19H20N4O2/c1-19(2,3)23-11-12(10-20)17(22-23)21-18(25)15-8-9-16(24)14-7-5-4-6-13(14)15/h4-7,11,15H,8-9H2,1-3H3,(H,21,22,25). The molecule has 1 aromatic heterocycles. The number of carbonyl (C=O) groups is 2. The molecule has 1 aromatic carbocycles. The number of hydrogen-bond acceptors (Lipinski definition) is 4. The molecule has 0 spiro atoms. The fourth-order valence-electron chi connectivity index (χ4n) is 2.99. The van der Waals surface area contributed by atoms with Gasteiger partial charge in [0.05, 0.1) is 11.5 Å². The number of aromatic nitrogens is 2. The molecule has 0 saturated carbocycles. The Kier molecular flexibility index (Phi) is 4.17. The number of carbonyl (C=O) groups excluding carboxylic acids is 2. The van der Waals surface area contributed by atoms with Gasteiger partial charge in [-0.1, -0.05) is 24.3 Å². The van der Waals surface area contributed by atoms with Gasteiger partial charge in [-0.15, -0.1) is 0 Å². The molecule has 0 aliphatic heterocycles. The molecule has 1 heterocycles. The van der Waals surface area contributed by atoms with E-state index in [1.54, 1.807) is 23.0 Å². The molecular weight excluding hydrogens is 316 g/mol. The molecule has 0 bridgehead atoms. The third kappa shape index (κ3) is 3.18. The van der Waals surface area contributed by atoms with Crippen LogP contribution in [-0.4, -0.2) is 21.5 Å². The van der Waals surface area contributed by atoms with Crippen molar-refractivity contribution in [1.82, 2.24) is 9.78 Å². The zero-order chi connectivity index (χ0) is 18.2. The largest absolute Gasteiger partial charge is 0.308 e. The van der Waals surface area contributed by atoms with Crippen LogP contribution in [0, 0.1) is 11.3 Å². The topological polar surface area (TPSA) is 87.8 Å². The Hall–Kier alpha value is -2.94. The monoisotopic (exact) mass is 336 g/mol. The van der Waals surface area contributed by atoms with E-state index in [0.717, 1.165) is 5.56 Å². The van der Waals surface area contributed by atoms with Crippen LogP contribution in [0.4, 0.5) is 5.82 Å². The van der Waals surface area contributed by atoms with Gasteiger partial charge in [0.15, 0.2) is 11.6 Å². The number of nitrogens with one attached hydrogen (secondary N) is 1. The van der Waals surface area contributed by atoms with Gasteiger partial charge in [-0.25, -0.2) is 0 Å². The van der Waals surface area contributed by atoms with Gasteiger partial charge in [0.1, 0.15) is 11.6 Å². The van der Waals surface area contributed by atoms with Gasteiger partial charge in [-0.05, 0) is 32.8 Å². The molecule has 2 aromatic rings. The van der Waals surface area contributed by atoms with Crippen molar-refractivity contribution < 1.29 is 9.59 Å². The summed E-state index contributed by atoms with van der Waals surface area (Å²) >= 11 is 0. The van der Waals surface area contributed by atoms with Crippen molar-refractivity contribution in [1.29, 1.82) is 5.26 Å². The van der Waals surface area contributed by atoms with Crippen LogP contribution in [0.2, 0.25) is 0 Å². The molecule has 6 nitrogen and oxygen atoms in total. The van der Waals surface area contributed by atoms with Gasteiger partial charge < -0.3 is 5.32 Å². The third-order valence-corrected chi connectivity index (χ3v) is 4.38. The Bertz CT molecular complexity index is 884. The number of hydrogen-bond donors (Lipinski definition) is 1. The van der Waals surface area contributed by atoms with Crippen molar-refractivity contribution >= 4 is 17.5 Å². The van der Waals surface area contributed by atoms with E-state index >= 15 is 0 Å². The lowest BCUT2D eigenvalue weighted by molar-refractivity contribution is -0.117. The molecule has 1 aliphatic carbocycles. The van der Waals surface area contributed by atoms with E-state index in [2.05, 4.69) is 16.5 Å². The van der Waals surface area contributed by atoms with E-state index in [9.17, 15) is 14.9 Å². The first-order valence-corrected chi connectivity index (χ1v) is 8.24. The zero-order valence-electron chi connectivity index (χ0n) is 14.5. The summed E-state index contributed by atoms with van der Waals surface area (Å²) in [6.07, 6.45) is 2.44. The van der Waals surface area contributed by atoms with Crippen molar-refractivity contribution in [3.8, 4) is 6.07 Å². The predicted octanol–water partition coefficient (Wildman–Crippen LogP) is 3.21. The second-order valence-electron chi connectivity index (χ2n) is 7.21. The molecule has 0 fully saturated rings. The molecule has 1 aliphatic rings. The molecule has 1 amide bonds. The lowest BCUT2D eigenvalue weighted by atomic mass is 9.81. The normalized spacial score (nSPS) is 16.9. The first-order valence-electron chi connectivity index (χ1n) is 8.24. The van der Waals surface area contributed by atoms with E-state index in [0.29, 0.717) is 24.0 Å². The smallest absolute Gasteiger partial charge is 0.233 e. The van der Waals surface area contributed by atoms with Crippen LogP contribution in [-0.2, 0) is 10.3 Å². The van der Waals surface area contributed by atoms with E-state index in [4.69, 9.17) is 0 Å². The summed E-state index contributed by atoms with van der Waals surface area (Å²) in [6, 6.07) is 9.27. The molecule has 0 radical (unpaired) electrons. The molecule has 1 unspecified atom stereocenters. The summed E-state index contributed by atoms with van der Waals surface area (Å²) in [5.74, 6) is -0.331. The highest BCUT2D eigenvalue weighted by molar-refractivity contribution is 6.04. The van der Waals surface area contributed by atoms with Crippen LogP contribution in [0.3, 0.4) is 0 Å². The molecule has 6 heteroatoms. The van der Waals surface area contributed by atoms with Gasteiger partial charge in [0.25, 0.3) is 0 Å². The predicted molar refractivity (Wildman–Crippen MR) is 93.3 cm³/mol. The fourth-order valence-corrected chi connectivity index (χ4v) is 2.99. The van der Waals surface area contributed by atoms with Crippen molar-refractivity contribution in [2.45, 2.75) is 45.1 Å². The molecule has 25 heavy (non-hydrogen) atoms. The van der Waals surface area contributed by atoms with Gasteiger partial charge in [0, 0.05) is 18.2 Å². The van der Waals surface area contributed by atoms with Crippen molar-refractivity contribution in [3.05, 3.63) is 47.2 Å². The van der Waals surface area contributed by atoms with E-state index < -0.39 is 5.92 Å². The van der Waals surface area contributed by atoms with Gasteiger partial charge in [-0.3, -0.25) is 14.3 Å². The SMILES string of the molecule is CC(C)(C)n1cc(C#N)c(NC(=O)C2CCC(=O)c3ccccc32)n1. The quantitative estimate of drug-likeness (QED) is 0.912. The number of fused-ring (bicyclic) bond motifs is 1. The molecule has 1 atom stereocenters. The highest BCUT2D eigenvalue weighted by Gasteiger charge is 2.31. The number of benzene rings is 1. The molecule has 128 valence electrons. The van der Waals surface area contributed by atoms with Crippen LogP contribution >= 0.6 is 0 Å². The maximum atomic E-state index is 12.8. The Labute approximate surface area is 146 Å². The number of nitrogens with zero attached hydrogens (tertiary/aromatic N) is 3. The van der Waals surface area contributed by atoms with Gasteiger partial charge in [0.2, 0.25) is 5.91 Å². The highest BCUT2D eigenvalue weighted by Crippen LogP contribution is 2.32. The summed E-state index contributed by atoms with van der Waals surface area (Å²) < 4.78 is 1.67. The minimum atomic E-state index is -0.416. The lowest BCUT2D eigenvalue weighted by Crippen LogP contribution is -2.27. The van der Waals surface area contributed by atoms with Crippen LogP contribution < -0.4 is 5.32 Å². The first-order chi connectivity index (χ1) is 11.8. The van der Waals surface area contributed by atoms with E-state index in [1.807, 2.05) is 32.9 Å². The second kappa shape index (κ2) is 6.17. The molecule has 1 N–H and O–H groups in total. The average molecular weight is 336 g/mol. The summed E-state index contributed by atoms with van der Waals surface area (Å²) in [7, 11) is 0. The maximum Gasteiger partial charge on any atom is 0.233 e.